The third-order valence-electron chi connectivity index (χ3n) is 4.77. The van der Waals surface area contributed by atoms with E-state index in [2.05, 4.69) is 33.9 Å². The van der Waals surface area contributed by atoms with Crippen molar-refractivity contribution >= 4 is 11.7 Å². The number of hydrogen-bond donors (Lipinski definition) is 1. The van der Waals surface area contributed by atoms with Crippen LogP contribution < -0.4 is 10.2 Å². The van der Waals surface area contributed by atoms with E-state index in [1.807, 2.05) is 12.1 Å². The molecule has 0 aromatic carbocycles. The first-order valence-electron chi connectivity index (χ1n) is 9.45. The maximum atomic E-state index is 12.7. The monoisotopic (exact) mass is 346 g/mol. The van der Waals surface area contributed by atoms with Crippen molar-refractivity contribution in [2.45, 2.75) is 32.8 Å². The molecular weight excluding hydrogens is 316 g/mol. The molecule has 2 aliphatic rings. The van der Waals surface area contributed by atoms with Crippen molar-refractivity contribution in [2.24, 2.45) is 5.92 Å². The topological polar surface area (TPSA) is 57.7 Å². The quantitative estimate of drug-likeness (QED) is 0.851. The number of amides is 1. The average Bonchev–Trinajstić information content (AvgIpc) is 3.14. The average molecular weight is 346 g/mol. The highest BCUT2D eigenvalue weighted by Gasteiger charge is 2.24. The zero-order valence-electron chi connectivity index (χ0n) is 15.4. The summed E-state index contributed by atoms with van der Waals surface area (Å²) in [7, 11) is 0. The Kier molecular flexibility index (Phi) is 6.26. The molecule has 2 aliphatic heterocycles. The predicted octanol–water partition coefficient (Wildman–Crippen LogP) is 1.77. The van der Waals surface area contributed by atoms with Crippen LogP contribution in [0.15, 0.2) is 18.3 Å². The fourth-order valence-corrected chi connectivity index (χ4v) is 3.64. The summed E-state index contributed by atoms with van der Waals surface area (Å²) < 4.78 is 5.82. The summed E-state index contributed by atoms with van der Waals surface area (Å²) in [4.78, 5) is 21.8. The number of carbonyl (C=O) groups excluding carboxylic acids is 1. The molecule has 0 unspecified atom stereocenters. The van der Waals surface area contributed by atoms with Gasteiger partial charge in [-0.05, 0) is 30.9 Å². The number of morpholine rings is 1. The highest BCUT2D eigenvalue weighted by Crippen LogP contribution is 2.21. The fourth-order valence-electron chi connectivity index (χ4n) is 3.64. The van der Waals surface area contributed by atoms with Crippen LogP contribution in [-0.4, -0.2) is 67.8 Å². The van der Waals surface area contributed by atoms with E-state index >= 15 is 0 Å². The van der Waals surface area contributed by atoms with Crippen molar-refractivity contribution in [1.82, 2.24) is 15.2 Å². The fraction of sp³-hybridized carbons (Fsp3) is 0.684. The second-order valence-corrected chi connectivity index (χ2v) is 7.42. The molecule has 3 rings (SSSR count). The third kappa shape index (κ3) is 4.92. The van der Waals surface area contributed by atoms with E-state index in [4.69, 9.17) is 4.74 Å². The summed E-state index contributed by atoms with van der Waals surface area (Å²) in [6, 6.07) is 3.69. The molecule has 0 aliphatic carbocycles. The van der Waals surface area contributed by atoms with Crippen LogP contribution in [0.2, 0.25) is 0 Å². The molecule has 0 radical (unpaired) electrons. The highest BCUT2D eigenvalue weighted by atomic mass is 16.5. The van der Waals surface area contributed by atoms with E-state index in [0.29, 0.717) is 18.0 Å². The van der Waals surface area contributed by atoms with Crippen molar-refractivity contribution in [3.05, 3.63) is 23.9 Å². The number of nitrogens with one attached hydrogen (secondary N) is 1. The molecule has 0 saturated carbocycles. The summed E-state index contributed by atoms with van der Waals surface area (Å²) in [5.41, 5.74) is 0.666. The van der Waals surface area contributed by atoms with E-state index in [1.54, 1.807) is 6.20 Å². The molecule has 1 atom stereocenters. The minimum atomic E-state index is -0.0559. The lowest BCUT2D eigenvalue weighted by Crippen LogP contribution is -2.48. The lowest BCUT2D eigenvalue weighted by molar-refractivity contribution is -0.0295. The number of nitrogens with zero attached hydrogens (tertiary/aromatic N) is 3. The molecule has 1 N–H and O–H groups in total. The lowest BCUT2D eigenvalue weighted by atomic mass is 10.1. The predicted molar refractivity (Wildman–Crippen MR) is 99.0 cm³/mol. The van der Waals surface area contributed by atoms with Crippen LogP contribution in [0.3, 0.4) is 0 Å². The molecule has 2 saturated heterocycles. The smallest absolute Gasteiger partial charge is 0.255 e. The van der Waals surface area contributed by atoms with E-state index < -0.39 is 0 Å². The standard InChI is InChI=1S/C19H30N4O2/c1-15(2)13-22-10-11-25-16(14-22)12-21-19(24)17-6-5-7-20-18(17)23-8-3-4-9-23/h5-7,15-16H,3-4,8-14H2,1-2H3,(H,21,24)/t16-/m0/s1. The highest BCUT2D eigenvalue weighted by molar-refractivity contribution is 5.98. The van der Waals surface area contributed by atoms with E-state index in [9.17, 15) is 4.79 Å². The van der Waals surface area contributed by atoms with Gasteiger partial charge < -0.3 is 15.0 Å². The Balaban J connectivity index is 1.56. The summed E-state index contributed by atoms with van der Waals surface area (Å²) in [5, 5.41) is 3.05. The molecule has 1 aromatic heterocycles. The number of rotatable bonds is 6. The lowest BCUT2D eigenvalue weighted by Gasteiger charge is -2.34. The first kappa shape index (κ1) is 18.1. The third-order valence-corrected chi connectivity index (χ3v) is 4.77. The molecule has 25 heavy (non-hydrogen) atoms. The van der Waals surface area contributed by atoms with Gasteiger partial charge in [0.1, 0.15) is 5.82 Å². The van der Waals surface area contributed by atoms with Crippen LogP contribution in [0.5, 0.6) is 0 Å². The molecule has 2 fully saturated rings. The molecule has 138 valence electrons. The Morgan fingerprint density at radius 2 is 2.16 bits per heavy atom. The second-order valence-electron chi connectivity index (χ2n) is 7.42. The Bertz CT molecular complexity index is 572. The van der Waals surface area contributed by atoms with Crippen LogP contribution in [0.1, 0.15) is 37.0 Å². The maximum absolute atomic E-state index is 12.7. The molecule has 0 spiro atoms. The minimum absolute atomic E-state index is 0.0559. The van der Waals surface area contributed by atoms with Crippen LogP contribution in [0.25, 0.3) is 0 Å². The van der Waals surface area contributed by atoms with Crippen molar-refractivity contribution in [3.8, 4) is 0 Å². The zero-order chi connectivity index (χ0) is 17.6. The SMILES string of the molecule is CC(C)CN1CCO[C@@H](CNC(=O)c2cccnc2N2CCCC2)C1. The van der Waals surface area contributed by atoms with Gasteiger partial charge in [0.2, 0.25) is 0 Å². The Hall–Kier alpha value is -1.66. The Labute approximate surface area is 150 Å². The Morgan fingerprint density at radius 3 is 2.92 bits per heavy atom. The van der Waals surface area contributed by atoms with Crippen molar-refractivity contribution in [1.29, 1.82) is 0 Å². The summed E-state index contributed by atoms with van der Waals surface area (Å²) in [6.07, 6.45) is 4.15. The summed E-state index contributed by atoms with van der Waals surface area (Å²) in [5.74, 6) is 1.40. The summed E-state index contributed by atoms with van der Waals surface area (Å²) >= 11 is 0. The normalized spacial score (nSPS) is 21.7. The van der Waals surface area contributed by atoms with E-state index in [-0.39, 0.29) is 12.0 Å². The number of hydrogen-bond acceptors (Lipinski definition) is 5. The largest absolute Gasteiger partial charge is 0.374 e. The Morgan fingerprint density at radius 1 is 1.36 bits per heavy atom. The molecule has 6 heteroatoms. The van der Waals surface area contributed by atoms with Gasteiger partial charge in [0, 0.05) is 45.5 Å². The van der Waals surface area contributed by atoms with Crippen LogP contribution >= 0.6 is 0 Å². The summed E-state index contributed by atoms with van der Waals surface area (Å²) in [6.45, 7) is 10.6. The molecule has 1 amide bonds. The van der Waals surface area contributed by atoms with Crippen molar-refractivity contribution < 1.29 is 9.53 Å². The zero-order valence-corrected chi connectivity index (χ0v) is 15.4. The van der Waals surface area contributed by atoms with Gasteiger partial charge in [-0.15, -0.1) is 0 Å². The number of carbonyl (C=O) groups is 1. The van der Waals surface area contributed by atoms with E-state index in [1.165, 1.54) is 12.8 Å². The number of ether oxygens (including phenoxy) is 1. The van der Waals surface area contributed by atoms with Gasteiger partial charge in [-0.25, -0.2) is 4.98 Å². The van der Waals surface area contributed by atoms with Crippen LogP contribution in [-0.2, 0) is 4.74 Å². The molecule has 0 bridgehead atoms. The van der Waals surface area contributed by atoms with E-state index in [0.717, 1.165) is 45.1 Å². The molecule has 3 heterocycles. The molecule has 1 aromatic rings. The molecule has 6 nitrogen and oxygen atoms in total. The van der Waals surface area contributed by atoms with Gasteiger partial charge >= 0.3 is 0 Å². The first-order valence-corrected chi connectivity index (χ1v) is 9.45. The van der Waals surface area contributed by atoms with Gasteiger partial charge in [-0.1, -0.05) is 13.8 Å². The second kappa shape index (κ2) is 8.63. The van der Waals surface area contributed by atoms with Gasteiger partial charge in [-0.2, -0.15) is 0 Å². The minimum Gasteiger partial charge on any atom is -0.374 e. The van der Waals surface area contributed by atoms with Gasteiger partial charge in [0.05, 0.1) is 18.3 Å². The van der Waals surface area contributed by atoms with Gasteiger partial charge in [0.25, 0.3) is 5.91 Å². The van der Waals surface area contributed by atoms with Crippen LogP contribution in [0.4, 0.5) is 5.82 Å². The number of pyridine rings is 1. The maximum Gasteiger partial charge on any atom is 0.255 e. The van der Waals surface area contributed by atoms with Crippen LogP contribution in [0, 0.1) is 5.92 Å². The van der Waals surface area contributed by atoms with Crippen molar-refractivity contribution in [3.63, 3.8) is 0 Å². The van der Waals surface area contributed by atoms with Crippen molar-refractivity contribution in [2.75, 3.05) is 50.8 Å². The van der Waals surface area contributed by atoms with Gasteiger partial charge in [0.15, 0.2) is 0 Å². The first-order chi connectivity index (χ1) is 12.1. The van der Waals surface area contributed by atoms with Gasteiger partial charge in [-0.3, -0.25) is 9.69 Å². The number of aromatic nitrogens is 1. The number of anilines is 1. The molecular formula is C19H30N4O2.